The minimum absolute atomic E-state index is 0.343. The summed E-state index contributed by atoms with van der Waals surface area (Å²) in [5.41, 5.74) is 1.38. The SMILES string of the molecule is O=C(CCN1CCOCC1)N1C[C@@H]2CC[C@H](C1)N(Cc1ccccc1)C2. The first-order valence-electron chi connectivity index (χ1n) is 10.1. The van der Waals surface area contributed by atoms with Gasteiger partial charge in [0.15, 0.2) is 0 Å². The number of morpholine rings is 1. The van der Waals surface area contributed by atoms with Gasteiger partial charge in [0.2, 0.25) is 5.91 Å². The van der Waals surface area contributed by atoms with Gasteiger partial charge in [-0.2, -0.15) is 0 Å². The van der Waals surface area contributed by atoms with Crippen LogP contribution in [0.2, 0.25) is 0 Å². The first-order chi connectivity index (χ1) is 12.8. The van der Waals surface area contributed by atoms with Crippen LogP contribution < -0.4 is 0 Å². The van der Waals surface area contributed by atoms with E-state index in [2.05, 4.69) is 45.0 Å². The predicted octanol–water partition coefficient (Wildman–Crippen LogP) is 1.83. The van der Waals surface area contributed by atoms with Crippen LogP contribution in [0.1, 0.15) is 24.8 Å². The maximum absolute atomic E-state index is 12.8. The Hall–Kier alpha value is -1.43. The minimum Gasteiger partial charge on any atom is -0.379 e. The molecule has 4 heterocycles. The molecule has 142 valence electrons. The summed E-state index contributed by atoms with van der Waals surface area (Å²) >= 11 is 0. The monoisotopic (exact) mass is 357 g/mol. The molecule has 4 saturated heterocycles. The second kappa shape index (κ2) is 8.51. The second-order valence-corrected chi connectivity index (χ2v) is 8.01. The highest BCUT2D eigenvalue weighted by Gasteiger charge is 2.36. The van der Waals surface area contributed by atoms with Gasteiger partial charge in [0, 0.05) is 58.3 Å². The molecule has 26 heavy (non-hydrogen) atoms. The average molecular weight is 357 g/mol. The fraction of sp³-hybridized carbons (Fsp3) is 0.667. The van der Waals surface area contributed by atoms with Crippen molar-refractivity contribution in [2.75, 3.05) is 52.5 Å². The van der Waals surface area contributed by atoms with Crippen LogP contribution >= 0.6 is 0 Å². The number of carbonyl (C=O) groups excluding carboxylic acids is 1. The Bertz CT molecular complexity index is 588. The van der Waals surface area contributed by atoms with Crippen LogP contribution in [0.3, 0.4) is 0 Å². The normalized spacial score (nSPS) is 27.5. The second-order valence-electron chi connectivity index (χ2n) is 8.01. The smallest absolute Gasteiger partial charge is 0.223 e. The summed E-state index contributed by atoms with van der Waals surface area (Å²) in [5, 5.41) is 0. The highest BCUT2D eigenvalue weighted by molar-refractivity contribution is 5.76. The van der Waals surface area contributed by atoms with E-state index in [0.717, 1.165) is 59.0 Å². The largest absolute Gasteiger partial charge is 0.379 e. The standard InChI is InChI=1S/C21H31N3O2/c25-21(8-9-22-10-12-26-13-11-22)24-16-19-6-7-20(17-24)23(15-19)14-18-4-2-1-3-5-18/h1-5,19-20H,6-17H2/t19-,20-/m1/s1. The van der Waals surface area contributed by atoms with Crippen molar-refractivity contribution >= 4 is 5.91 Å². The molecule has 5 rings (SSSR count). The molecule has 1 aromatic rings. The molecule has 4 aliphatic rings. The third-order valence-electron chi connectivity index (χ3n) is 6.15. The van der Waals surface area contributed by atoms with Crippen molar-refractivity contribution in [3.8, 4) is 0 Å². The Morgan fingerprint density at radius 2 is 1.85 bits per heavy atom. The Morgan fingerprint density at radius 1 is 1.04 bits per heavy atom. The molecule has 0 spiro atoms. The van der Waals surface area contributed by atoms with E-state index in [-0.39, 0.29) is 0 Å². The van der Waals surface area contributed by atoms with Crippen LogP contribution in [-0.4, -0.2) is 79.1 Å². The summed E-state index contributed by atoms with van der Waals surface area (Å²) < 4.78 is 5.39. The fourth-order valence-corrected chi connectivity index (χ4v) is 4.63. The first kappa shape index (κ1) is 18.0. The summed E-state index contributed by atoms with van der Waals surface area (Å²) in [6, 6.07) is 11.3. The molecule has 1 aromatic carbocycles. The van der Waals surface area contributed by atoms with Crippen molar-refractivity contribution in [2.45, 2.75) is 31.8 Å². The van der Waals surface area contributed by atoms with E-state index in [0.29, 0.717) is 24.3 Å². The third-order valence-corrected chi connectivity index (χ3v) is 6.15. The lowest BCUT2D eigenvalue weighted by molar-refractivity contribution is -0.132. The molecule has 2 atom stereocenters. The maximum atomic E-state index is 12.8. The average Bonchev–Trinajstić information content (AvgIpc) is 3.00. The summed E-state index contributed by atoms with van der Waals surface area (Å²) in [5.74, 6) is 0.972. The van der Waals surface area contributed by atoms with E-state index in [1.54, 1.807) is 0 Å². The lowest BCUT2D eigenvalue weighted by atomic mass is 9.94. The zero-order valence-corrected chi connectivity index (χ0v) is 15.7. The molecular weight excluding hydrogens is 326 g/mol. The molecule has 0 aromatic heterocycles. The molecule has 5 nitrogen and oxygen atoms in total. The Kier molecular flexibility index (Phi) is 5.88. The molecule has 0 radical (unpaired) electrons. The van der Waals surface area contributed by atoms with Crippen molar-refractivity contribution in [3.05, 3.63) is 35.9 Å². The van der Waals surface area contributed by atoms with Gasteiger partial charge in [-0.25, -0.2) is 0 Å². The van der Waals surface area contributed by atoms with Crippen LogP contribution in [0.4, 0.5) is 0 Å². The molecule has 5 heteroatoms. The van der Waals surface area contributed by atoms with Gasteiger partial charge in [0.05, 0.1) is 13.2 Å². The van der Waals surface area contributed by atoms with Gasteiger partial charge in [-0.15, -0.1) is 0 Å². The first-order valence-corrected chi connectivity index (χ1v) is 10.1. The Labute approximate surface area is 156 Å². The molecule has 4 fully saturated rings. The molecule has 0 saturated carbocycles. The minimum atomic E-state index is 0.343. The van der Waals surface area contributed by atoms with Gasteiger partial charge in [0.1, 0.15) is 0 Å². The van der Waals surface area contributed by atoms with Crippen molar-refractivity contribution in [1.29, 1.82) is 0 Å². The summed E-state index contributed by atoms with van der Waals surface area (Å²) in [6.45, 7) is 8.40. The van der Waals surface area contributed by atoms with Gasteiger partial charge >= 0.3 is 0 Å². The van der Waals surface area contributed by atoms with Gasteiger partial charge in [-0.1, -0.05) is 30.3 Å². The van der Waals surface area contributed by atoms with E-state index in [1.807, 2.05) is 0 Å². The number of fused-ring (bicyclic) bond motifs is 4. The molecule has 0 N–H and O–H groups in total. The van der Waals surface area contributed by atoms with Crippen molar-refractivity contribution < 1.29 is 9.53 Å². The van der Waals surface area contributed by atoms with Crippen LogP contribution in [0.15, 0.2) is 30.3 Å². The maximum Gasteiger partial charge on any atom is 0.223 e. The van der Waals surface area contributed by atoms with E-state index >= 15 is 0 Å². The highest BCUT2D eigenvalue weighted by Crippen LogP contribution is 2.29. The number of hydrogen-bond donors (Lipinski definition) is 0. The van der Waals surface area contributed by atoms with E-state index in [1.165, 1.54) is 18.4 Å². The molecule has 4 aliphatic heterocycles. The molecule has 0 aliphatic carbocycles. The Morgan fingerprint density at radius 3 is 2.65 bits per heavy atom. The highest BCUT2D eigenvalue weighted by atomic mass is 16.5. The van der Waals surface area contributed by atoms with Crippen LogP contribution in [0.25, 0.3) is 0 Å². The molecule has 1 amide bonds. The fourth-order valence-electron chi connectivity index (χ4n) is 4.63. The van der Waals surface area contributed by atoms with Crippen molar-refractivity contribution in [2.24, 2.45) is 5.92 Å². The molecular formula is C21H31N3O2. The lowest BCUT2D eigenvalue weighted by Crippen LogP contribution is -2.44. The number of benzene rings is 1. The molecule has 2 bridgehead atoms. The van der Waals surface area contributed by atoms with Gasteiger partial charge < -0.3 is 9.64 Å². The topological polar surface area (TPSA) is 36.0 Å². The summed E-state index contributed by atoms with van der Waals surface area (Å²) in [4.78, 5) is 20.0. The number of amides is 1. The van der Waals surface area contributed by atoms with Crippen LogP contribution in [0.5, 0.6) is 0 Å². The number of rotatable bonds is 5. The van der Waals surface area contributed by atoms with E-state index in [4.69, 9.17) is 4.74 Å². The number of carbonyl (C=O) groups is 1. The number of nitrogens with zero attached hydrogens (tertiary/aromatic N) is 3. The zero-order valence-electron chi connectivity index (χ0n) is 15.7. The number of piperidine rings is 1. The van der Waals surface area contributed by atoms with Crippen LogP contribution in [0, 0.1) is 5.92 Å². The van der Waals surface area contributed by atoms with Crippen molar-refractivity contribution in [1.82, 2.24) is 14.7 Å². The van der Waals surface area contributed by atoms with Crippen LogP contribution in [-0.2, 0) is 16.1 Å². The summed E-state index contributed by atoms with van der Waals surface area (Å²) in [7, 11) is 0. The lowest BCUT2D eigenvalue weighted by Gasteiger charge is -2.36. The zero-order chi connectivity index (χ0) is 17.8. The Balaban J connectivity index is 1.32. The van der Waals surface area contributed by atoms with Gasteiger partial charge in [0.25, 0.3) is 0 Å². The van der Waals surface area contributed by atoms with E-state index < -0.39 is 0 Å². The third kappa shape index (κ3) is 4.45. The molecule has 0 unspecified atom stereocenters. The van der Waals surface area contributed by atoms with Gasteiger partial charge in [-0.05, 0) is 24.3 Å². The summed E-state index contributed by atoms with van der Waals surface area (Å²) in [6.07, 6.45) is 3.14. The number of ether oxygens (including phenoxy) is 1. The quantitative estimate of drug-likeness (QED) is 0.806. The van der Waals surface area contributed by atoms with Crippen molar-refractivity contribution in [3.63, 3.8) is 0 Å². The van der Waals surface area contributed by atoms with Gasteiger partial charge in [-0.3, -0.25) is 14.6 Å². The van der Waals surface area contributed by atoms with E-state index in [9.17, 15) is 4.79 Å². The predicted molar refractivity (Wildman–Crippen MR) is 102 cm³/mol. The number of hydrogen-bond acceptors (Lipinski definition) is 4.